The highest BCUT2D eigenvalue weighted by Crippen LogP contribution is 2.24. The lowest BCUT2D eigenvalue weighted by Gasteiger charge is -2.11. The summed E-state index contributed by atoms with van der Waals surface area (Å²) in [7, 11) is 0. The van der Waals surface area contributed by atoms with Gasteiger partial charge in [0, 0.05) is 30.8 Å². The molecule has 0 bridgehead atoms. The zero-order valence-electron chi connectivity index (χ0n) is 9.66. The third kappa shape index (κ3) is 1.64. The Balaban J connectivity index is 2.03. The van der Waals surface area contributed by atoms with Crippen LogP contribution in [0.3, 0.4) is 0 Å². The Morgan fingerprint density at radius 3 is 3.19 bits per heavy atom. The Hall–Kier alpha value is -0.940. The number of nitrogens with zero attached hydrogens (tertiary/aromatic N) is 3. The van der Waals surface area contributed by atoms with Gasteiger partial charge in [0.25, 0.3) is 0 Å². The van der Waals surface area contributed by atoms with Gasteiger partial charge in [0.1, 0.15) is 0 Å². The minimum Gasteiger partial charge on any atom is -0.311 e. The largest absolute Gasteiger partial charge is 0.311 e. The molecule has 16 heavy (non-hydrogen) atoms. The molecular formula is C11H16N4S. The normalized spacial score (nSPS) is 15.9. The van der Waals surface area contributed by atoms with E-state index in [1.165, 1.54) is 10.6 Å². The van der Waals surface area contributed by atoms with E-state index >= 15 is 0 Å². The maximum Gasteiger partial charge on any atom is 0.212 e. The molecule has 1 aliphatic rings. The van der Waals surface area contributed by atoms with Gasteiger partial charge in [-0.1, -0.05) is 25.2 Å². The Labute approximate surface area is 98.7 Å². The number of hydrogen-bond acceptors (Lipinski definition) is 4. The second kappa shape index (κ2) is 3.82. The number of aromatic nitrogens is 3. The first kappa shape index (κ1) is 10.2. The summed E-state index contributed by atoms with van der Waals surface area (Å²) in [6, 6.07) is 0. The summed E-state index contributed by atoms with van der Waals surface area (Å²) in [6.07, 6.45) is 2.04. The van der Waals surface area contributed by atoms with E-state index in [-0.39, 0.29) is 0 Å². The zero-order chi connectivity index (χ0) is 11.1. The fourth-order valence-electron chi connectivity index (χ4n) is 2.11. The lowest BCUT2D eigenvalue weighted by molar-refractivity contribution is 0.607. The molecule has 1 aliphatic heterocycles. The van der Waals surface area contributed by atoms with Crippen molar-refractivity contribution in [3.8, 4) is 0 Å². The standard InChI is InChI=1S/C11H16N4S/c1-7(2)5-10-13-11-15(14-10)8-3-4-12-6-9(8)16-11/h7,12H,3-6H2,1-2H3. The molecule has 0 unspecified atom stereocenters. The summed E-state index contributed by atoms with van der Waals surface area (Å²) in [5, 5.41) is 7.99. The van der Waals surface area contributed by atoms with Crippen molar-refractivity contribution in [1.82, 2.24) is 19.9 Å². The predicted molar refractivity (Wildman–Crippen MR) is 64.8 cm³/mol. The second-order valence-electron chi connectivity index (χ2n) is 4.72. The molecule has 3 heterocycles. The van der Waals surface area contributed by atoms with Crippen LogP contribution in [0.4, 0.5) is 0 Å². The number of nitrogens with one attached hydrogen (secondary N) is 1. The Bertz CT molecular complexity index is 511. The highest BCUT2D eigenvalue weighted by molar-refractivity contribution is 7.17. The van der Waals surface area contributed by atoms with E-state index in [0.29, 0.717) is 5.92 Å². The first-order chi connectivity index (χ1) is 7.74. The van der Waals surface area contributed by atoms with Crippen LogP contribution in [0.15, 0.2) is 0 Å². The number of thiazole rings is 1. The van der Waals surface area contributed by atoms with Gasteiger partial charge in [-0.15, -0.1) is 0 Å². The molecule has 0 saturated carbocycles. The molecule has 3 rings (SSSR count). The third-order valence-electron chi connectivity index (χ3n) is 2.83. The van der Waals surface area contributed by atoms with E-state index in [0.717, 1.165) is 36.7 Å². The highest BCUT2D eigenvalue weighted by Gasteiger charge is 2.18. The van der Waals surface area contributed by atoms with E-state index in [4.69, 9.17) is 0 Å². The molecule has 0 aliphatic carbocycles. The van der Waals surface area contributed by atoms with Gasteiger partial charge in [-0.25, -0.2) is 9.50 Å². The second-order valence-corrected chi connectivity index (χ2v) is 5.78. The molecule has 0 saturated heterocycles. The van der Waals surface area contributed by atoms with Crippen molar-refractivity contribution in [2.45, 2.75) is 33.2 Å². The predicted octanol–water partition coefficient (Wildman–Crippen LogP) is 1.63. The van der Waals surface area contributed by atoms with Crippen molar-refractivity contribution in [3.05, 3.63) is 16.4 Å². The van der Waals surface area contributed by atoms with E-state index in [1.807, 2.05) is 0 Å². The Morgan fingerprint density at radius 1 is 1.50 bits per heavy atom. The van der Waals surface area contributed by atoms with E-state index in [1.54, 1.807) is 11.3 Å². The summed E-state index contributed by atoms with van der Waals surface area (Å²) in [4.78, 5) is 7.06. The van der Waals surface area contributed by atoms with Gasteiger partial charge in [0.05, 0.1) is 5.69 Å². The van der Waals surface area contributed by atoms with Crippen molar-refractivity contribution in [2.75, 3.05) is 6.54 Å². The molecule has 2 aromatic heterocycles. The van der Waals surface area contributed by atoms with Crippen LogP contribution in [0.5, 0.6) is 0 Å². The molecule has 0 atom stereocenters. The minimum absolute atomic E-state index is 0.620. The topological polar surface area (TPSA) is 42.2 Å². The maximum atomic E-state index is 4.61. The van der Waals surface area contributed by atoms with Crippen molar-refractivity contribution < 1.29 is 0 Å². The van der Waals surface area contributed by atoms with Crippen LogP contribution in [0.1, 0.15) is 30.2 Å². The number of hydrogen-bond donors (Lipinski definition) is 1. The molecular weight excluding hydrogens is 220 g/mol. The highest BCUT2D eigenvalue weighted by atomic mass is 32.1. The van der Waals surface area contributed by atoms with Gasteiger partial charge in [0.15, 0.2) is 5.82 Å². The van der Waals surface area contributed by atoms with Gasteiger partial charge < -0.3 is 5.32 Å². The molecule has 0 radical (unpaired) electrons. The molecule has 0 spiro atoms. The molecule has 86 valence electrons. The first-order valence-electron chi connectivity index (χ1n) is 5.81. The summed E-state index contributed by atoms with van der Waals surface area (Å²) >= 11 is 1.77. The first-order valence-corrected chi connectivity index (χ1v) is 6.62. The summed E-state index contributed by atoms with van der Waals surface area (Å²) in [6.45, 7) is 6.44. The van der Waals surface area contributed by atoms with Crippen LogP contribution in [-0.2, 0) is 19.4 Å². The van der Waals surface area contributed by atoms with E-state index in [2.05, 4.69) is 33.8 Å². The van der Waals surface area contributed by atoms with E-state index < -0.39 is 0 Å². The fourth-order valence-corrected chi connectivity index (χ4v) is 3.20. The lowest BCUT2D eigenvalue weighted by Crippen LogP contribution is -2.23. The van der Waals surface area contributed by atoms with Crippen molar-refractivity contribution in [2.24, 2.45) is 5.92 Å². The van der Waals surface area contributed by atoms with Gasteiger partial charge >= 0.3 is 0 Å². The minimum atomic E-state index is 0.620. The fraction of sp³-hybridized carbons (Fsp3) is 0.636. The molecule has 0 fully saturated rings. The molecule has 4 nitrogen and oxygen atoms in total. The van der Waals surface area contributed by atoms with Crippen LogP contribution >= 0.6 is 11.3 Å². The monoisotopic (exact) mass is 236 g/mol. The van der Waals surface area contributed by atoms with Gasteiger partial charge in [0.2, 0.25) is 4.96 Å². The molecule has 1 N–H and O–H groups in total. The Kier molecular flexibility index (Phi) is 2.44. The molecule has 0 amide bonds. The zero-order valence-corrected chi connectivity index (χ0v) is 10.5. The van der Waals surface area contributed by atoms with Crippen LogP contribution in [0.25, 0.3) is 4.96 Å². The summed E-state index contributed by atoms with van der Waals surface area (Å²) in [5.74, 6) is 1.61. The lowest BCUT2D eigenvalue weighted by atomic mass is 10.1. The smallest absolute Gasteiger partial charge is 0.212 e. The van der Waals surface area contributed by atoms with Crippen molar-refractivity contribution in [3.63, 3.8) is 0 Å². The average molecular weight is 236 g/mol. The van der Waals surface area contributed by atoms with Crippen molar-refractivity contribution >= 4 is 16.3 Å². The number of fused-ring (bicyclic) bond motifs is 3. The third-order valence-corrected chi connectivity index (χ3v) is 3.90. The van der Waals surface area contributed by atoms with Crippen LogP contribution < -0.4 is 5.32 Å². The average Bonchev–Trinajstić information content (AvgIpc) is 2.73. The van der Waals surface area contributed by atoms with Crippen LogP contribution in [-0.4, -0.2) is 21.1 Å². The van der Waals surface area contributed by atoms with Gasteiger partial charge in [-0.05, 0) is 5.92 Å². The molecule has 2 aromatic rings. The van der Waals surface area contributed by atoms with Gasteiger partial charge in [-0.2, -0.15) is 5.10 Å². The van der Waals surface area contributed by atoms with Crippen LogP contribution in [0.2, 0.25) is 0 Å². The maximum absolute atomic E-state index is 4.61. The molecule has 5 heteroatoms. The van der Waals surface area contributed by atoms with Crippen LogP contribution in [0, 0.1) is 5.92 Å². The quantitative estimate of drug-likeness (QED) is 0.862. The molecule has 0 aromatic carbocycles. The van der Waals surface area contributed by atoms with Gasteiger partial charge in [-0.3, -0.25) is 0 Å². The summed E-state index contributed by atoms with van der Waals surface area (Å²) < 4.78 is 2.05. The summed E-state index contributed by atoms with van der Waals surface area (Å²) in [5.41, 5.74) is 1.36. The SMILES string of the molecule is CC(C)Cc1nc2sc3c(n2n1)CCNC3. The van der Waals surface area contributed by atoms with Crippen molar-refractivity contribution in [1.29, 1.82) is 0 Å². The number of rotatable bonds is 2. The Morgan fingerprint density at radius 2 is 2.38 bits per heavy atom. The van der Waals surface area contributed by atoms with E-state index in [9.17, 15) is 0 Å².